The maximum Gasteiger partial charge on any atom is 0.305 e. The highest BCUT2D eigenvalue weighted by molar-refractivity contribution is 5.76. The Morgan fingerprint density at radius 1 is 0.571 bits per heavy atom. The summed E-state index contributed by atoms with van der Waals surface area (Å²) in [6.07, 6.45) is 37.2. The van der Waals surface area contributed by atoms with Crippen LogP contribution in [0, 0.1) is 0 Å². The number of aliphatic hydroxyl groups is 5. The van der Waals surface area contributed by atoms with Crippen LogP contribution in [-0.4, -0.2) is 100 Å². The van der Waals surface area contributed by atoms with Crippen molar-refractivity contribution in [3.8, 4) is 0 Å². The van der Waals surface area contributed by atoms with Crippen molar-refractivity contribution in [1.29, 1.82) is 0 Å². The van der Waals surface area contributed by atoms with Gasteiger partial charge >= 0.3 is 5.97 Å². The molecular formula is C52H99NO10. The Hall–Kier alpha value is -1.60. The maximum absolute atomic E-state index is 13.0. The molecule has 63 heavy (non-hydrogen) atoms. The highest BCUT2D eigenvalue weighted by Gasteiger charge is 2.44. The molecule has 1 saturated heterocycles. The fourth-order valence-corrected chi connectivity index (χ4v) is 8.37. The largest absolute Gasteiger partial charge is 0.466 e. The number of unbranched alkanes of at least 4 members (excludes halogenated alkanes) is 31. The molecule has 11 heteroatoms. The van der Waals surface area contributed by atoms with Gasteiger partial charge < -0.3 is 45.1 Å². The molecule has 0 radical (unpaired) electrons. The summed E-state index contributed by atoms with van der Waals surface area (Å²) in [6, 6.07) is -0.815. The van der Waals surface area contributed by atoms with E-state index in [4.69, 9.17) is 14.2 Å². The smallest absolute Gasteiger partial charge is 0.305 e. The molecule has 0 spiro atoms. The lowest BCUT2D eigenvalue weighted by atomic mass is 9.99. The van der Waals surface area contributed by atoms with E-state index in [0.29, 0.717) is 19.4 Å². The highest BCUT2D eigenvalue weighted by atomic mass is 16.7. The number of aliphatic hydroxyl groups excluding tert-OH is 5. The van der Waals surface area contributed by atoms with E-state index in [1.165, 1.54) is 148 Å². The Morgan fingerprint density at radius 2 is 1.00 bits per heavy atom. The van der Waals surface area contributed by atoms with Crippen LogP contribution in [0.15, 0.2) is 12.2 Å². The minimum Gasteiger partial charge on any atom is -0.466 e. The molecule has 11 nitrogen and oxygen atoms in total. The molecule has 1 heterocycles. The number of hydrogen-bond acceptors (Lipinski definition) is 10. The summed E-state index contributed by atoms with van der Waals surface area (Å²) >= 11 is 0. The number of hydrogen-bond donors (Lipinski definition) is 6. The van der Waals surface area contributed by atoms with Crippen LogP contribution < -0.4 is 5.32 Å². The summed E-state index contributed by atoms with van der Waals surface area (Å²) in [7, 11) is 0. The molecule has 1 aliphatic heterocycles. The molecule has 7 unspecified atom stereocenters. The van der Waals surface area contributed by atoms with Gasteiger partial charge in [-0.3, -0.25) is 9.59 Å². The van der Waals surface area contributed by atoms with Gasteiger partial charge in [0.25, 0.3) is 0 Å². The fourth-order valence-electron chi connectivity index (χ4n) is 8.37. The number of carbonyl (C=O) groups is 2. The van der Waals surface area contributed by atoms with Gasteiger partial charge in [-0.1, -0.05) is 212 Å². The number of esters is 1. The lowest BCUT2D eigenvalue weighted by Crippen LogP contribution is -2.60. The van der Waals surface area contributed by atoms with E-state index >= 15 is 0 Å². The van der Waals surface area contributed by atoms with Gasteiger partial charge in [0.05, 0.1) is 32.0 Å². The molecule has 0 aromatic rings. The molecule has 372 valence electrons. The van der Waals surface area contributed by atoms with E-state index in [1.807, 2.05) is 6.08 Å². The Morgan fingerprint density at radius 3 is 1.48 bits per heavy atom. The molecule has 0 aromatic carbocycles. The summed E-state index contributed by atoms with van der Waals surface area (Å²) < 4.78 is 16.6. The summed E-state index contributed by atoms with van der Waals surface area (Å²) in [5.74, 6) is -0.216. The van der Waals surface area contributed by atoms with Gasteiger partial charge in [0.15, 0.2) is 6.29 Å². The van der Waals surface area contributed by atoms with Gasteiger partial charge in [-0.2, -0.15) is 0 Å². The first kappa shape index (κ1) is 59.4. The number of allylic oxidation sites excluding steroid dienone is 1. The van der Waals surface area contributed by atoms with Crippen LogP contribution in [-0.2, 0) is 23.8 Å². The van der Waals surface area contributed by atoms with Crippen molar-refractivity contribution >= 4 is 11.9 Å². The molecule has 1 fully saturated rings. The third-order valence-electron chi connectivity index (χ3n) is 12.7. The van der Waals surface area contributed by atoms with Gasteiger partial charge in [0.2, 0.25) is 5.91 Å². The SMILES string of the molecule is CCCCCCCCC/C=C/C(O)C(COC1OC(CO)C(O)C(O)C1O)NC(=O)CCCCCCCCCCCCCCCCOC(=O)CCCCCCCCCCCCCC. The summed E-state index contributed by atoms with van der Waals surface area (Å²) in [5, 5.41) is 54.1. The number of ether oxygens (including phenoxy) is 3. The molecule has 1 amide bonds. The number of rotatable bonds is 45. The molecular weight excluding hydrogens is 799 g/mol. The molecule has 6 N–H and O–H groups in total. The molecule has 0 aromatic heterocycles. The Balaban J connectivity index is 2.11. The van der Waals surface area contributed by atoms with E-state index in [9.17, 15) is 35.1 Å². The van der Waals surface area contributed by atoms with Crippen LogP contribution in [0.1, 0.15) is 245 Å². The Bertz CT molecular complexity index is 1060. The third-order valence-corrected chi connectivity index (χ3v) is 12.7. The van der Waals surface area contributed by atoms with Gasteiger partial charge in [-0.05, 0) is 32.1 Å². The highest BCUT2D eigenvalue weighted by Crippen LogP contribution is 2.23. The van der Waals surface area contributed by atoms with Crippen LogP contribution in [0.3, 0.4) is 0 Å². The summed E-state index contributed by atoms with van der Waals surface area (Å²) in [4.78, 5) is 25.0. The van der Waals surface area contributed by atoms with Gasteiger partial charge in [-0.25, -0.2) is 0 Å². The van der Waals surface area contributed by atoms with Crippen molar-refractivity contribution in [2.45, 2.75) is 288 Å². The van der Waals surface area contributed by atoms with Crippen molar-refractivity contribution in [3.05, 3.63) is 12.2 Å². The van der Waals surface area contributed by atoms with Crippen LogP contribution in [0.25, 0.3) is 0 Å². The van der Waals surface area contributed by atoms with Crippen molar-refractivity contribution in [1.82, 2.24) is 5.32 Å². The van der Waals surface area contributed by atoms with Crippen molar-refractivity contribution < 1.29 is 49.3 Å². The van der Waals surface area contributed by atoms with E-state index in [2.05, 4.69) is 19.2 Å². The topological polar surface area (TPSA) is 175 Å². The van der Waals surface area contributed by atoms with Crippen LogP contribution in [0.2, 0.25) is 0 Å². The minimum atomic E-state index is -1.57. The predicted octanol–water partition coefficient (Wildman–Crippen LogP) is 10.8. The first-order valence-corrected chi connectivity index (χ1v) is 26.5. The number of nitrogens with one attached hydrogen (secondary N) is 1. The number of carbonyl (C=O) groups excluding carboxylic acids is 2. The average Bonchev–Trinajstić information content (AvgIpc) is 3.28. The summed E-state index contributed by atoms with van der Waals surface area (Å²) in [5.41, 5.74) is 0. The lowest BCUT2D eigenvalue weighted by molar-refractivity contribution is -0.302. The molecule has 0 aliphatic carbocycles. The predicted molar refractivity (Wildman–Crippen MR) is 255 cm³/mol. The second-order valence-corrected chi connectivity index (χ2v) is 18.6. The van der Waals surface area contributed by atoms with Crippen LogP contribution in [0.5, 0.6) is 0 Å². The van der Waals surface area contributed by atoms with Gasteiger partial charge in [0.1, 0.15) is 24.4 Å². The first-order chi connectivity index (χ1) is 30.7. The zero-order valence-corrected chi connectivity index (χ0v) is 40.6. The average molecular weight is 898 g/mol. The second-order valence-electron chi connectivity index (χ2n) is 18.6. The normalized spacial score (nSPS) is 20.0. The second kappa shape index (κ2) is 43.0. The third kappa shape index (κ3) is 33.5. The van der Waals surface area contributed by atoms with E-state index in [-0.39, 0.29) is 18.5 Å². The van der Waals surface area contributed by atoms with Crippen molar-refractivity contribution in [2.24, 2.45) is 0 Å². The van der Waals surface area contributed by atoms with Gasteiger partial charge in [0, 0.05) is 12.8 Å². The maximum atomic E-state index is 13.0. The monoisotopic (exact) mass is 898 g/mol. The molecule has 1 aliphatic rings. The standard InChI is InChI=1S/C52H99NO10/c1-3-5-7-9-11-13-14-20-24-28-32-36-40-48(57)61-41-37-33-29-25-21-18-16-15-17-19-23-27-31-35-39-47(56)53-44(45(55)38-34-30-26-22-12-10-8-6-4-2)43-62-52-51(60)50(59)49(58)46(42-54)63-52/h34,38,44-46,49-52,54-55,58-60H,3-33,35-37,39-43H2,1-2H3,(H,53,56)/b38-34+. The van der Waals surface area contributed by atoms with Crippen molar-refractivity contribution in [3.63, 3.8) is 0 Å². The Labute approximate surface area is 385 Å². The van der Waals surface area contributed by atoms with E-state index in [1.54, 1.807) is 6.08 Å². The van der Waals surface area contributed by atoms with E-state index in [0.717, 1.165) is 70.6 Å². The quantitative estimate of drug-likeness (QED) is 0.0196. The minimum absolute atomic E-state index is 0.0224. The number of amides is 1. The lowest BCUT2D eigenvalue weighted by Gasteiger charge is -2.40. The zero-order chi connectivity index (χ0) is 46.0. The molecule has 0 bridgehead atoms. The zero-order valence-electron chi connectivity index (χ0n) is 40.6. The van der Waals surface area contributed by atoms with E-state index < -0.39 is 49.5 Å². The Kier molecular flexibility index (Phi) is 40.6. The van der Waals surface area contributed by atoms with Gasteiger partial charge in [-0.15, -0.1) is 0 Å². The molecule has 0 saturated carbocycles. The van der Waals surface area contributed by atoms with Crippen LogP contribution >= 0.6 is 0 Å². The van der Waals surface area contributed by atoms with Crippen LogP contribution in [0.4, 0.5) is 0 Å². The fraction of sp³-hybridized carbons (Fsp3) is 0.923. The summed E-state index contributed by atoms with van der Waals surface area (Å²) in [6.45, 7) is 4.27. The molecule has 7 atom stereocenters. The molecule has 1 rings (SSSR count). The first-order valence-electron chi connectivity index (χ1n) is 26.5. The van der Waals surface area contributed by atoms with Crippen molar-refractivity contribution in [2.75, 3.05) is 19.8 Å².